The highest BCUT2D eigenvalue weighted by Crippen LogP contribution is 2.20. The number of carbonyl (C=O) groups is 1. The number of hydrogen-bond donors (Lipinski definition) is 2. The summed E-state index contributed by atoms with van der Waals surface area (Å²) in [5.41, 5.74) is -0.0342. The zero-order valence-electron chi connectivity index (χ0n) is 9.71. The summed E-state index contributed by atoms with van der Waals surface area (Å²) in [7, 11) is 0. The number of amides is 1. The third-order valence-corrected chi connectivity index (χ3v) is 2.34. The molecule has 0 aliphatic carbocycles. The van der Waals surface area contributed by atoms with Crippen molar-refractivity contribution < 1.29 is 9.90 Å². The number of aliphatic hydroxyl groups excluding tert-OH is 1. The Hall–Kier alpha value is -1.08. The number of rotatable bonds is 6. The summed E-state index contributed by atoms with van der Waals surface area (Å²) in [6.07, 6.45) is 1.58. The van der Waals surface area contributed by atoms with Gasteiger partial charge in [0.1, 0.15) is 5.92 Å². The first-order valence-corrected chi connectivity index (χ1v) is 5.21. The van der Waals surface area contributed by atoms with Gasteiger partial charge in [0.15, 0.2) is 0 Å². The molecule has 0 radical (unpaired) electrons. The molecular weight excluding hydrogens is 192 g/mol. The Labute approximate surface area is 91.3 Å². The smallest absolute Gasteiger partial charge is 0.237 e. The molecular formula is C11H20N2O2. The predicted octanol–water partition coefficient (Wildman–Crippen LogP) is 1.06. The molecule has 1 atom stereocenters. The van der Waals surface area contributed by atoms with E-state index in [1.54, 1.807) is 6.92 Å². The molecule has 0 aliphatic heterocycles. The summed E-state index contributed by atoms with van der Waals surface area (Å²) in [4.78, 5) is 11.3. The van der Waals surface area contributed by atoms with Crippen molar-refractivity contribution in [1.29, 1.82) is 5.26 Å². The van der Waals surface area contributed by atoms with Gasteiger partial charge in [-0.2, -0.15) is 5.26 Å². The van der Waals surface area contributed by atoms with Crippen LogP contribution in [0.3, 0.4) is 0 Å². The summed E-state index contributed by atoms with van der Waals surface area (Å²) >= 11 is 0. The minimum absolute atomic E-state index is 0.0342. The maximum atomic E-state index is 11.3. The predicted molar refractivity (Wildman–Crippen MR) is 57.9 cm³/mol. The Kier molecular flexibility index (Phi) is 5.95. The Morgan fingerprint density at radius 3 is 2.67 bits per heavy atom. The van der Waals surface area contributed by atoms with Crippen molar-refractivity contribution in [2.75, 3.05) is 13.2 Å². The molecule has 0 aromatic heterocycles. The molecule has 0 aliphatic rings. The fraction of sp³-hybridized carbons (Fsp3) is 0.818. The van der Waals surface area contributed by atoms with Crippen molar-refractivity contribution in [3.63, 3.8) is 0 Å². The van der Waals surface area contributed by atoms with Crippen LogP contribution in [-0.4, -0.2) is 24.2 Å². The van der Waals surface area contributed by atoms with Crippen LogP contribution in [0.4, 0.5) is 0 Å². The normalized spacial score (nSPS) is 13.0. The van der Waals surface area contributed by atoms with Crippen molar-refractivity contribution in [2.24, 2.45) is 11.3 Å². The van der Waals surface area contributed by atoms with Crippen LogP contribution in [0.1, 0.15) is 33.6 Å². The molecule has 0 saturated carbocycles. The number of nitrogens with one attached hydrogen (secondary N) is 1. The van der Waals surface area contributed by atoms with Crippen LogP contribution in [-0.2, 0) is 4.79 Å². The number of nitrogens with zero attached hydrogens (tertiary/aromatic N) is 1. The fourth-order valence-electron chi connectivity index (χ4n) is 1.18. The second kappa shape index (κ2) is 6.41. The Morgan fingerprint density at radius 2 is 2.20 bits per heavy atom. The first-order chi connectivity index (χ1) is 6.93. The molecule has 0 heterocycles. The van der Waals surface area contributed by atoms with Gasteiger partial charge in [0.2, 0.25) is 5.91 Å². The van der Waals surface area contributed by atoms with E-state index in [1.165, 1.54) is 0 Å². The van der Waals surface area contributed by atoms with Gasteiger partial charge in [0.25, 0.3) is 0 Å². The van der Waals surface area contributed by atoms with Crippen LogP contribution in [0, 0.1) is 22.7 Å². The maximum absolute atomic E-state index is 11.3. The first kappa shape index (κ1) is 13.9. The average Bonchev–Trinajstić information content (AvgIpc) is 2.22. The van der Waals surface area contributed by atoms with Crippen LogP contribution in [0.15, 0.2) is 0 Å². The minimum atomic E-state index is -0.598. The van der Waals surface area contributed by atoms with Crippen molar-refractivity contribution in [3.05, 3.63) is 0 Å². The molecule has 0 rings (SSSR count). The molecule has 15 heavy (non-hydrogen) atoms. The highest BCUT2D eigenvalue weighted by atomic mass is 16.2. The lowest BCUT2D eigenvalue weighted by atomic mass is 9.88. The zero-order chi connectivity index (χ0) is 11.9. The minimum Gasteiger partial charge on any atom is -0.396 e. The van der Waals surface area contributed by atoms with Gasteiger partial charge >= 0.3 is 0 Å². The van der Waals surface area contributed by atoms with Crippen LogP contribution in [0.5, 0.6) is 0 Å². The first-order valence-electron chi connectivity index (χ1n) is 5.21. The van der Waals surface area contributed by atoms with Crippen molar-refractivity contribution in [3.8, 4) is 6.07 Å². The largest absolute Gasteiger partial charge is 0.396 e. The summed E-state index contributed by atoms with van der Waals surface area (Å²) in [5, 5.41) is 20.0. The molecule has 2 N–H and O–H groups in total. The molecule has 0 aromatic carbocycles. The van der Waals surface area contributed by atoms with Crippen molar-refractivity contribution in [2.45, 2.75) is 33.6 Å². The van der Waals surface area contributed by atoms with Gasteiger partial charge in [-0.3, -0.25) is 4.79 Å². The fourth-order valence-corrected chi connectivity index (χ4v) is 1.18. The van der Waals surface area contributed by atoms with E-state index in [4.69, 9.17) is 10.4 Å². The standard InChI is InChI=1S/C11H20N2O2/c1-9(7-12)10(15)13-8-11(2,3)5-4-6-14/h9,14H,4-6,8H2,1-3H3,(H,13,15). The second-order valence-electron chi connectivity index (χ2n) is 4.56. The summed E-state index contributed by atoms with van der Waals surface area (Å²) < 4.78 is 0. The average molecular weight is 212 g/mol. The van der Waals surface area contributed by atoms with E-state index in [9.17, 15) is 4.79 Å². The van der Waals surface area contributed by atoms with Gasteiger partial charge in [-0.1, -0.05) is 13.8 Å². The van der Waals surface area contributed by atoms with Gasteiger partial charge in [0, 0.05) is 13.2 Å². The van der Waals surface area contributed by atoms with Crippen molar-refractivity contribution in [1.82, 2.24) is 5.32 Å². The summed E-state index contributed by atoms with van der Waals surface area (Å²) in [5.74, 6) is -0.826. The maximum Gasteiger partial charge on any atom is 0.237 e. The van der Waals surface area contributed by atoms with E-state index in [0.29, 0.717) is 6.54 Å². The van der Waals surface area contributed by atoms with Crippen LogP contribution in [0.25, 0.3) is 0 Å². The van der Waals surface area contributed by atoms with Crippen LogP contribution < -0.4 is 5.32 Å². The monoisotopic (exact) mass is 212 g/mol. The molecule has 1 amide bonds. The zero-order valence-corrected chi connectivity index (χ0v) is 9.71. The molecule has 0 bridgehead atoms. The van der Waals surface area contributed by atoms with E-state index >= 15 is 0 Å². The number of hydrogen-bond acceptors (Lipinski definition) is 3. The molecule has 0 saturated heterocycles. The van der Waals surface area contributed by atoms with E-state index in [0.717, 1.165) is 12.8 Å². The van der Waals surface area contributed by atoms with Crippen LogP contribution >= 0.6 is 0 Å². The van der Waals surface area contributed by atoms with E-state index in [-0.39, 0.29) is 17.9 Å². The second-order valence-corrected chi connectivity index (χ2v) is 4.56. The van der Waals surface area contributed by atoms with E-state index in [1.807, 2.05) is 19.9 Å². The van der Waals surface area contributed by atoms with E-state index < -0.39 is 5.92 Å². The third-order valence-electron chi connectivity index (χ3n) is 2.34. The molecule has 1 unspecified atom stereocenters. The summed E-state index contributed by atoms with van der Waals surface area (Å²) in [6, 6.07) is 1.89. The van der Waals surface area contributed by atoms with E-state index in [2.05, 4.69) is 5.32 Å². The van der Waals surface area contributed by atoms with Gasteiger partial charge in [-0.15, -0.1) is 0 Å². The SMILES string of the molecule is CC(C#N)C(=O)NCC(C)(C)CCCO. The molecule has 4 nitrogen and oxygen atoms in total. The summed E-state index contributed by atoms with van der Waals surface area (Å²) in [6.45, 7) is 6.35. The Morgan fingerprint density at radius 1 is 1.60 bits per heavy atom. The molecule has 86 valence electrons. The molecule has 0 spiro atoms. The molecule has 0 fully saturated rings. The molecule has 4 heteroatoms. The Balaban J connectivity index is 3.93. The van der Waals surface area contributed by atoms with Gasteiger partial charge in [0.05, 0.1) is 6.07 Å². The Bertz CT molecular complexity index is 243. The number of carbonyl (C=O) groups excluding carboxylic acids is 1. The highest BCUT2D eigenvalue weighted by Gasteiger charge is 2.20. The van der Waals surface area contributed by atoms with Crippen LogP contribution in [0.2, 0.25) is 0 Å². The van der Waals surface area contributed by atoms with Gasteiger partial charge in [-0.25, -0.2) is 0 Å². The topological polar surface area (TPSA) is 73.1 Å². The lowest BCUT2D eigenvalue weighted by Crippen LogP contribution is -2.36. The highest BCUT2D eigenvalue weighted by molar-refractivity contribution is 5.80. The van der Waals surface area contributed by atoms with Crippen molar-refractivity contribution >= 4 is 5.91 Å². The molecule has 0 aromatic rings. The number of nitriles is 1. The number of aliphatic hydroxyl groups is 1. The lowest BCUT2D eigenvalue weighted by molar-refractivity contribution is -0.123. The van der Waals surface area contributed by atoms with Gasteiger partial charge < -0.3 is 10.4 Å². The van der Waals surface area contributed by atoms with Gasteiger partial charge in [-0.05, 0) is 25.2 Å². The quantitative estimate of drug-likeness (QED) is 0.691. The lowest BCUT2D eigenvalue weighted by Gasteiger charge is -2.24. The third kappa shape index (κ3) is 6.08.